The van der Waals surface area contributed by atoms with E-state index in [1.54, 1.807) is 7.11 Å². The molecule has 3 saturated heterocycles. The zero-order valence-corrected chi connectivity index (χ0v) is 20.2. The van der Waals surface area contributed by atoms with Gasteiger partial charge >= 0.3 is 6.09 Å². The summed E-state index contributed by atoms with van der Waals surface area (Å²) < 4.78 is 17.4. The molecule has 4 aliphatic heterocycles. The topological polar surface area (TPSA) is 60.0 Å². The number of amides is 1. The number of nitrogens with zero attached hydrogens (tertiary/aromatic N) is 1. The molecule has 7 heteroatoms. The summed E-state index contributed by atoms with van der Waals surface area (Å²) in [6.45, 7) is 7.76. The molecule has 1 unspecified atom stereocenters. The van der Waals surface area contributed by atoms with Crippen molar-refractivity contribution >= 4 is 17.7 Å². The molecule has 0 spiro atoms. The first-order chi connectivity index (χ1) is 15.8. The fourth-order valence-corrected chi connectivity index (χ4v) is 5.52. The summed E-state index contributed by atoms with van der Waals surface area (Å²) in [6.07, 6.45) is 1.85. The van der Waals surface area contributed by atoms with Gasteiger partial charge in [0.15, 0.2) is 0 Å². The molecule has 0 aliphatic carbocycles. The molecule has 0 radical (unpaired) electrons. The van der Waals surface area contributed by atoms with Gasteiger partial charge in [0.1, 0.15) is 17.6 Å². The number of benzene rings is 2. The van der Waals surface area contributed by atoms with Crippen molar-refractivity contribution in [1.29, 1.82) is 0 Å². The van der Waals surface area contributed by atoms with E-state index < -0.39 is 0 Å². The van der Waals surface area contributed by atoms with E-state index in [4.69, 9.17) is 25.8 Å². The van der Waals surface area contributed by atoms with Crippen molar-refractivity contribution in [2.75, 3.05) is 33.4 Å². The van der Waals surface area contributed by atoms with Crippen LogP contribution in [0.2, 0.25) is 5.02 Å². The van der Waals surface area contributed by atoms with Gasteiger partial charge in [-0.05, 0) is 61.7 Å². The maximum absolute atomic E-state index is 12.9. The lowest BCUT2D eigenvalue weighted by Crippen LogP contribution is -2.53. The molecule has 0 aromatic heterocycles. The normalized spacial score (nSPS) is 27.3. The van der Waals surface area contributed by atoms with Crippen molar-refractivity contribution in [3.63, 3.8) is 0 Å². The molecule has 33 heavy (non-hydrogen) atoms. The molecule has 0 saturated carbocycles. The van der Waals surface area contributed by atoms with Gasteiger partial charge < -0.3 is 19.5 Å². The van der Waals surface area contributed by atoms with Crippen molar-refractivity contribution in [2.24, 2.45) is 11.3 Å². The monoisotopic (exact) mass is 470 g/mol. The first-order valence-corrected chi connectivity index (χ1v) is 12.0. The van der Waals surface area contributed by atoms with Gasteiger partial charge in [-0.1, -0.05) is 37.6 Å². The first-order valence-electron chi connectivity index (χ1n) is 11.6. The third-order valence-electron chi connectivity index (χ3n) is 7.31. The zero-order chi connectivity index (χ0) is 23.2. The van der Waals surface area contributed by atoms with Crippen molar-refractivity contribution in [2.45, 2.75) is 38.8 Å². The Balaban J connectivity index is 1.37. The van der Waals surface area contributed by atoms with Gasteiger partial charge in [0, 0.05) is 28.1 Å². The van der Waals surface area contributed by atoms with E-state index in [0.29, 0.717) is 17.5 Å². The number of methoxy groups -OCH3 is 1. The molecule has 4 aliphatic rings. The molecule has 1 amide bonds. The van der Waals surface area contributed by atoms with E-state index in [-0.39, 0.29) is 23.7 Å². The number of nitrogens with one attached hydrogen (secondary N) is 1. The summed E-state index contributed by atoms with van der Waals surface area (Å²) in [5.41, 5.74) is 2.47. The molecule has 6 nitrogen and oxygen atoms in total. The highest BCUT2D eigenvalue weighted by molar-refractivity contribution is 6.33. The summed E-state index contributed by atoms with van der Waals surface area (Å²) in [4.78, 5) is 15.3. The van der Waals surface area contributed by atoms with Gasteiger partial charge in [-0.15, -0.1) is 0 Å². The van der Waals surface area contributed by atoms with Gasteiger partial charge in [-0.2, -0.15) is 0 Å². The quantitative estimate of drug-likeness (QED) is 0.657. The van der Waals surface area contributed by atoms with E-state index in [1.165, 1.54) is 0 Å². The molecule has 176 valence electrons. The Hall–Kier alpha value is -2.44. The van der Waals surface area contributed by atoms with Crippen molar-refractivity contribution < 1.29 is 19.0 Å². The number of rotatable bonds is 4. The van der Waals surface area contributed by atoms with Crippen LogP contribution in [0.4, 0.5) is 4.79 Å². The Kier molecular flexibility index (Phi) is 5.91. The van der Waals surface area contributed by atoms with E-state index in [9.17, 15) is 4.79 Å². The summed E-state index contributed by atoms with van der Waals surface area (Å²) in [7, 11) is 1.64. The second kappa shape index (κ2) is 8.73. The number of alkyl carbamates (subject to hydrolysis) is 1. The van der Waals surface area contributed by atoms with Gasteiger partial charge in [0.05, 0.1) is 19.8 Å². The lowest BCUT2D eigenvalue weighted by Gasteiger charge is -2.44. The van der Waals surface area contributed by atoms with E-state index in [2.05, 4.69) is 24.1 Å². The van der Waals surface area contributed by atoms with Gasteiger partial charge in [-0.3, -0.25) is 4.90 Å². The van der Waals surface area contributed by atoms with Crippen LogP contribution in [0.1, 0.15) is 38.3 Å². The number of ether oxygens (including phenoxy) is 3. The van der Waals surface area contributed by atoms with Crippen LogP contribution in [0, 0.1) is 11.3 Å². The van der Waals surface area contributed by atoms with Crippen molar-refractivity contribution in [3.05, 3.63) is 47.0 Å². The maximum Gasteiger partial charge on any atom is 0.407 e. The zero-order valence-electron chi connectivity index (χ0n) is 19.4. The highest BCUT2D eigenvalue weighted by Crippen LogP contribution is 2.45. The van der Waals surface area contributed by atoms with E-state index >= 15 is 0 Å². The van der Waals surface area contributed by atoms with Crippen LogP contribution in [0.25, 0.3) is 11.1 Å². The second-order valence-electron chi connectivity index (χ2n) is 10.0. The molecule has 2 aromatic carbocycles. The SMILES string of the molecule is COc1ccc(Cl)c(-c2ccc3c(c2)OCC(C)(C)C3NC(=O)O[C@H]2CN3CCC2CC3)c1. The summed E-state index contributed by atoms with van der Waals surface area (Å²) >= 11 is 6.46. The minimum absolute atomic E-state index is 0.0208. The summed E-state index contributed by atoms with van der Waals surface area (Å²) in [6, 6.07) is 11.4. The molecular formula is C26H31ClN2O4. The lowest BCUT2D eigenvalue weighted by atomic mass is 9.78. The lowest BCUT2D eigenvalue weighted by molar-refractivity contribution is -0.0361. The molecular weight excluding hydrogens is 440 g/mol. The van der Waals surface area contributed by atoms with Crippen LogP contribution in [0.3, 0.4) is 0 Å². The smallest absolute Gasteiger partial charge is 0.407 e. The van der Waals surface area contributed by atoms with Crippen LogP contribution in [0.15, 0.2) is 36.4 Å². The number of halogens is 1. The Morgan fingerprint density at radius 1 is 1.18 bits per heavy atom. The average Bonchev–Trinajstić information content (AvgIpc) is 2.82. The predicted octanol–water partition coefficient (Wildman–Crippen LogP) is 5.30. The molecule has 2 bridgehead atoms. The molecule has 1 N–H and O–H groups in total. The van der Waals surface area contributed by atoms with Crippen LogP contribution < -0.4 is 14.8 Å². The van der Waals surface area contributed by atoms with Gasteiger partial charge in [0.2, 0.25) is 0 Å². The largest absolute Gasteiger partial charge is 0.497 e. The Bertz CT molecular complexity index is 1050. The molecule has 6 rings (SSSR count). The molecule has 4 heterocycles. The number of carbonyl (C=O) groups excluding carboxylic acids is 1. The maximum atomic E-state index is 12.9. The highest BCUT2D eigenvalue weighted by atomic mass is 35.5. The first kappa shape index (κ1) is 22.4. The average molecular weight is 471 g/mol. The van der Waals surface area contributed by atoms with Crippen LogP contribution >= 0.6 is 11.6 Å². The summed E-state index contributed by atoms with van der Waals surface area (Å²) in [5.74, 6) is 1.97. The predicted molar refractivity (Wildman–Crippen MR) is 128 cm³/mol. The third-order valence-corrected chi connectivity index (χ3v) is 7.64. The standard InChI is InChI=1S/C26H31ClN2O4/c1-26(2)15-32-22-12-17(20-13-18(31-3)5-7-21(20)27)4-6-19(22)24(26)28-25(30)33-23-14-29-10-8-16(23)9-11-29/h4-7,12-13,16,23-24H,8-11,14-15H2,1-3H3,(H,28,30)/t23-,24?/m0/s1. The number of fused-ring (bicyclic) bond motifs is 4. The van der Waals surface area contributed by atoms with E-state index in [0.717, 1.165) is 60.7 Å². The second-order valence-corrected chi connectivity index (χ2v) is 10.4. The van der Waals surface area contributed by atoms with Gasteiger partial charge in [0.25, 0.3) is 0 Å². The Morgan fingerprint density at radius 2 is 1.97 bits per heavy atom. The van der Waals surface area contributed by atoms with Crippen LogP contribution in [-0.4, -0.2) is 50.4 Å². The minimum Gasteiger partial charge on any atom is -0.497 e. The molecule has 2 atom stereocenters. The Morgan fingerprint density at radius 3 is 2.67 bits per heavy atom. The fourth-order valence-electron chi connectivity index (χ4n) is 5.29. The number of carbonyl (C=O) groups is 1. The number of hydrogen-bond donors (Lipinski definition) is 1. The van der Waals surface area contributed by atoms with E-state index in [1.807, 2.05) is 36.4 Å². The Labute approximate surface area is 200 Å². The van der Waals surface area contributed by atoms with Crippen molar-refractivity contribution in [3.8, 4) is 22.6 Å². The van der Waals surface area contributed by atoms with Crippen molar-refractivity contribution in [1.82, 2.24) is 10.2 Å². The van der Waals surface area contributed by atoms with Gasteiger partial charge in [-0.25, -0.2) is 4.79 Å². The third kappa shape index (κ3) is 4.38. The van der Waals surface area contributed by atoms with Crippen LogP contribution in [0.5, 0.6) is 11.5 Å². The fraction of sp³-hybridized carbons (Fsp3) is 0.500. The van der Waals surface area contributed by atoms with Crippen LogP contribution in [-0.2, 0) is 4.74 Å². The minimum atomic E-state index is -0.348. The number of piperidine rings is 3. The molecule has 3 fully saturated rings. The number of hydrogen-bond acceptors (Lipinski definition) is 5. The molecule has 2 aromatic rings. The summed E-state index contributed by atoms with van der Waals surface area (Å²) in [5, 5.41) is 3.80. The highest BCUT2D eigenvalue weighted by Gasteiger charge is 2.41.